The zero-order valence-electron chi connectivity index (χ0n) is 11.2. The lowest BCUT2D eigenvalue weighted by Crippen LogP contribution is -2.02. The first kappa shape index (κ1) is 15.9. The Morgan fingerprint density at radius 2 is 1.56 bits per heavy atom. The van der Waals surface area contributed by atoms with Crippen LogP contribution in [-0.2, 0) is 4.74 Å². The van der Waals surface area contributed by atoms with Crippen LogP contribution in [0.4, 0.5) is 0 Å². The van der Waals surface area contributed by atoms with Gasteiger partial charge in [-0.2, -0.15) is 0 Å². The van der Waals surface area contributed by atoms with Crippen molar-refractivity contribution in [3.63, 3.8) is 0 Å². The number of rotatable bonds is 12. The molecule has 0 aromatic carbocycles. The number of hydrogen-bond donors (Lipinski definition) is 1. The minimum absolute atomic E-state index is 0.346. The lowest BCUT2D eigenvalue weighted by Gasteiger charge is -2.08. The predicted octanol–water partition coefficient (Wildman–Crippen LogP) is 3.77. The van der Waals surface area contributed by atoms with Gasteiger partial charge in [-0.15, -0.1) is 0 Å². The van der Waals surface area contributed by atoms with Crippen molar-refractivity contribution in [1.82, 2.24) is 0 Å². The maximum absolute atomic E-state index is 8.61. The largest absolute Gasteiger partial charge is 0.396 e. The van der Waals surface area contributed by atoms with Gasteiger partial charge in [0, 0.05) is 19.8 Å². The van der Waals surface area contributed by atoms with Crippen molar-refractivity contribution in [2.45, 2.75) is 65.2 Å². The monoisotopic (exact) mass is 230 g/mol. The van der Waals surface area contributed by atoms with E-state index in [0.717, 1.165) is 25.6 Å². The standard InChI is InChI=1S/C14H30O2/c1-3-14(2)10-13-16-12-9-7-5-4-6-8-11-15/h14-15H,3-13H2,1-2H3. The van der Waals surface area contributed by atoms with Crippen LogP contribution in [0.1, 0.15) is 65.2 Å². The van der Waals surface area contributed by atoms with Crippen molar-refractivity contribution in [1.29, 1.82) is 0 Å². The van der Waals surface area contributed by atoms with Crippen molar-refractivity contribution in [3.8, 4) is 0 Å². The predicted molar refractivity (Wildman–Crippen MR) is 69.7 cm³/mol. The SMILES string of the molecule is CCC(C)CCOCCCCCCCCO. The molecule has 0 saturated carbocycles. The third kappa shape index (κ3) is 12.0. The first-order valence-electron chi connectivity index (χ1n) is 6.99. The van der Waals surface area contributed by atoms with Gasteiger partial charge >= 0.3 is 0 Å². The number of hydrogen-bond acceptors (Lipinski definition) is 2. The van der Waals surface area contributed by atoms with Crippen LogP contribution >= 0.6 is 0 Å². The number of ether oxygens (including phenoxy) is 1. The van der Waals surface area contributed by atoms with Gasteiger partial charge in [-0.05, 0) is 25.2 Å². The van der Waals surface area contributed by atoms with Gasteiger partial charge in [0.25, 0.3) is 0 Å². The Hall–Kier alpha value is -0.0800. The molecule has 2 heteroatoms. The van der Waals surface area contributed by atoms with Crippen LogP contribution in [0.5, 0.6) is 0 Å². The molecule has 0 heterocycles. The molecule has 0 aliphatic carbocycles. The molecule has 2 nitrogen and oxygen atoms in total. The molecule has 0 bridgehead atoms. The lowest BCUT2D eigenvalue weighted by atomic mass is 10.1. The molecule has 0 spiro atoms. The molecular formula is C14H30O2. The lowest BCUT2D eigenvalue weighted by molar-refractivity contribution is 0.117. The van der Waals surface area contributed by atoms with E-state index < -0.39 is 0 Å². The van der Waals surface area contributed by atoms with Gasteiger partial charge in [0.05, 0.1) is 0 Å². The quantitative estimate of drug-likeness (QED) is 0.517. The van der Waals surface area contributed by atoms with Crippen molar-refractivity contribution in [2.75, 3.05) is 19.8 Å². The van der Waals surface area contributed by atoms with Crippen molar-refractivity contribution < 1.29 is 9.84 Å². The number of aliphatic hydroxyl groups is 1. The second-order valence-electron chi connectivity index (χ2n) is 4.76. The third-order valence-corrected chi connectivity index (χ3v) is 3.15. The Kier molecular flexibility index (Phi) is 12.9. The molecule has 0 aliphatic rings. The molecule has 1 N–H and O–H groups in total. The first-order valence-corrected chi connectivity index (χ1v) is 6.99. The molecule has 0 fully saturated rings. The fourth-order valence-corrected chi connectivity index (χ4v) is 1.61. The Morgan fingerprint density at radius 3 is 2.19 bits per heavy atom. The molecular weight excluding hydrogens is 200 g/mol. The summed E-state index contributed by atoms with van der Waals surface area (Å²) in [6, 6.07) is 0. The summed E-state index contributed by atoms with van der Waals surface area (Å²) in [4.78, 5) is 0. The van der Waals surface area contributed by atoms with Gasteiger partial charge in [-0.25, -0.2) is 0 Å². The van der Waals surface area contributed by atoms with E-state index in [2.05, 4.69) is 13.8 Å². The van der Waals surface area contributed by atoms with Crippen molar-refractivity contribution in [2.24, 2.45) is 5.92 Å². The van der Waals surface area contributed by atoms with Gasteiger partial charge < -0.3 is 9.84 Å². The number of aliphatic hydroxyl groups excluding tert-OH is 1. The van der Waals surface area contributed by atoms with Crippen LogP contribution in [0.15, 0.2) is 0 Å². The molecule has 0 rings (SSSR count). The first-order chi connectivity index (χ1) is 7.81. The average Bonchev–Trinajstić information content (AvgIpc) is 2.31. The summed E-state index contributed by atoms with van der Waals surface area (Å²) >= 11 is 0. The topological polar surface area (TPSA) is 29.5 Å². The molecule has 1 unspecified atom stereocenters. The Morgan fingerprint density at radius 1 is 0.938 bits per heavy atom. The maximum atomic E-state index is 8.61. The van der Waals surface area contributed by atoms with Crippen molar-refractivity contribution >= 4 is 0 Å². The van der Waals surface area contributed by atoms with E-state index in [-0.39, 0.29) is 0 Å². The van der Waals surface area contributed by atoms with E-state index in [1.54, 1.807) is 0 Å². The summed E-state index contributed by atoms with van der Waals surface area (Å²) in [5.74, 6) is 0.804. The molecule has 98 valence electrons. The highest BCUT2D eigenvalue weighted by Crippen LogP contribution is 2.07. The zero-order chi connectivity index (χ0) is 12.1. The molecule has 0 aromatic heterocycles. The van der Waals surface area contributed by atoms with Gasteiger partial charge in [0.2, 0.25) is 0 Å². The maximum Gasteiger partial charge on any atom is 0.0468 e. The summed E-state index contributed by atoms with van der Waals surface area (Å²) in [6.45, 7) is 6.72. The van der Waals surface area contributed by atoms with Gasteiger partial charge in [-0.3, -0.25) is 0 Å². The minimum atomic E-state index is 0.346. The average molecular weight is 230 g/mol. The molecule has 0 amide bonds. The summed E-state index contributed by atoms with van der Waals surface area (Å²) in [5.41, 5.74) is 0. The van der Waals surface area contributed by atoms with Gasteiger partial charge in [0.15, 0.2) is 0 Å². The Bertz CT molecular complexity index is 126. The molecule has 0 saturated heterocycles. The van der Waals surface area contributed by atoms with Gasteiger partial charge in [-0.1, -0.05) is 46.0 Å². The van der Waals surface area contributed by atoms with Crippen LogP contribution in [0.25, 0.3) is 0 Å². The fraction of sp³-hybridized carbons (Fsp3) is 1.00. The van der Waals surface area contributed by atoms with E-state index >= 15 is 0 Å². The van der Waals surface area contributed by atoms with Crippen LogP contribution in [-0.4, -0.2) is 24.9 Å². The van der Waals surface area contributed by atoms with E-state index in [9.17, 15) is 0 Å². The summed E-state index contributed by atoms with van der Waals surface area (Å²) in [7, 11) is 0. The fourth-order valence-electron chi connectivity index (χ4n) is 1.61. The summed E-state index contributed by atoms with van der Waals surface area (Å²) < 4.78 is 5.59. The molecule has 0 radical (unpaired) electrons. The summed E-state index contributed by atoms with van der Waals surface area (Å²) in [6.07, 6.45) is 9.61. The highest BCUT2D eigenvalue weighted by Gasteiger charge is 1.97. The van der Waals surface area contributed by atoms with E-state index in [1.165, 1.54) is 44.9 Å². The van der Waals surface area contributed by atoms with Crippen LogP contribution < -0.4 is 0 Å². The van der Waals surface area contributed by atoms with Crippen LogP contribution in [0.3, 0.4) is 0 Å². The zero-order valence-corrected chi connectivity index (χ0v) is 11.2. The van der Waals surface area contributed by atoms with Crippen LogP contribution in [0.2, 0.25) is 0 Å². The second-order valence-corrected chi connectivity index (χ2v) is 4.76. The third-order valence-electron chi connectivity index (χ3n) is 3.15. The summed E-state index contributed by atoms with van der Waals surface area (Å²) in [5, 5.41) is 8.61. The smallest absolute Gasteiger partial charge is 0.0468 e. The molecule has 0 aliphatic heterocycles. The van der Waals surface area contributed by atoms with E-state index in [4.69, 9.17) is 9.84 Å². The van der Waals surface area contributed by atoms with Gasteiger partial charge in [0.1, 0.15) is 0 Å². The molecule has 1 atom stereocenters. The Balaban J connectivity index is 2.93. The molecule has 16 heavy (non-hydrogen) atoms. The van der Waals surface area contributed by atoms with Crippen molar-refractivity contribution in [3.05, 3.63) is 0 Å². The normalized spacial score (nSPS) is 12.9. The number of unbranched alkanes of at least 4 members (excludes halogenated alkanes) is 5. The highest BCUT2D eigenvalue weighted by atomic mass is 16.5. The van der Waals surface area contributed by atoms with E-state index in [1.807, 2.05) is 0 Å². The molecule has 0 aromatic rings. The minimum Gasteiger partial charge on any atom is -0.396 e. The van der Waals surface area contributed by atoms with E-state index in [0.29, 0.717) is 6.61 Å². The second kappa shape index (κ2) is 13.0. The Labute approximate surface area is 101 Å². The van der Waals surface area contributed by atoms with Crippen LogP contribution in [0, 0.1) is 5.92 Å². The highest BCUT2D eigenvalue weighted by molar-refractivity contribution is 4.49.